The summed E-state index contributed by atoms with van der Waals surface area (Å²) >= 11 is 0. The number of hydrogen-bond donors (Lipinski definition) is 2. The predicted molar refractivity (Wildman–Crippen MR) is 78.1 cm³/mol. The van der Waals surface area contributed by atoms with E-state index in [9.17, 15) is 5.11 Å². The molecule has 0 heterocycles. The van der Waals surface area contributed by atoms with Gasteiger partial charge in [0.2, 0.25) is 0 Å². The Morgan fingerprint density at radius 2 is 2.11 bits per heavy atom. The minimum absolute atomic E-state index is 0.312. The summed E-state index contributed by atoms with van der Waals surface area (Å²) in [4.78, 5) is 2.12. The van der Waals surface area contributed by atoms with Crippen molar-refractivity contribution < 1.29 is 5.11 Å². The van der Waals surface area contributed by atoms with E-state index < -0.39 is 0 Å². The largest absolute Gasteiger partial charge is 0.392 e. The van der Waals surface area contributed by atoms with Gasteiger partial charge in [0, 0.05) is 25.8 Å². The lowest BCUT2D eigenvalue weighted by atomic mass is 10.1. The van der Waals surface area contributed by atoms with Crippen molar-refractivity contribution in [3.8, 4) is 0 Å². The second-order valence-electron chi connectivity index (χ2n) is 5.04. The van der Waals surface area contributed by atoms with E-state index in [1.165, 1.54) is 16.8 Å². The van der Waals surface area contributed by atoms with E-state index in [4.69, 9.17) is 0 Å². The number of rotatable bonds is 7. The molecule has 1 aromatic carbocycles. The zero-order chi connectivity index (χ0) is 13.5. The third kappa shape index (κ3) is 4.67. The number of aliphatic hydroxyl groups is 1. The minimum Gasteiger partial charge on any atom is -0.392 e. The Balaban J connectivity index is 2.81. The van der Waals surface area contributed by atoms with Crippen molar-refractivity contribution in [1.82, 2.24) is 5.32 Å². The van der Waals surface area contributed by atoms with Crippen LogP contribution < -0.4 is 10.2 Å². The van der Waals surface area contributed by atoms with Gasteiger partial charge >= 0.3 is 0 Å². The Morgan fingerprint density at radius 3 is 2.72 bits per heavy atom. The zero-order valence-corrected chi connectivity index (χ0v) is 12.0. The van der Waals surface area contributed by atoms with Crippen LogP contribution >= 0.6 is 0 Å². The minimum atomic E-state index is -0.312. The van der Waals surface area contributed by atoms with E-state index >= 15 is 0 Å². The molecule has 0 radical (unpaired) electrons. The Labute approximate surface area is 111 Å². The van der Waals surface area contributed by atoms with E-state index in [2.05, 4.69) is 42.3 Å². The van der Waals surface area contributed by atoms with Crippen LogP contribution in [0.15, 0.2) is 18.2 Å². The fourth-order valence-electron chi connectivity index (χ4n) is 2.12. The lowest BCUT2D eigenvalue weighted by molar-refractivity contribution is 0.201. The van der Waals surface area contributed by atoms with Gasteiger partial charge in [-0.3, -0.25) is 0 Å². The maximum absolute atomic E-state index is 9.49. The molecule has 0 fully saturated rings. The molecule has 0 saturated carbocycles. The molecule has 0 aliphatic heterocycles. The summed E-state index contributed by atoms with van der Waals surface area (Å²) in [5.74, 6) is 0. The monoisotopic (exact) mass is 250 g/mol. The van der Waals surface area contributed by atoms with E-state index in [0.717, 1.165) is 19.5 Å². The number of aliphatic hydroxyl groups excluding tert-OH is 1. The average Bonchev–Trinajstić information content (AvgIpc) is 2.28. The van der Waals surface area contributed by atoms with Crippen LogP contribution in [0.2, 0.25) is 0 Å². The molecule has 3 nitrogen and oxygen atoms in total. The van der Waals surface area contributed by atoms with Crippen LogP contribution in [0.3, 0.4) is 0 Å². The first-order chi connectivity index (χ1) is 8.54. The molecule has 18 heavy (non-hydrogen) atoms. The molecule has 102 valence electrons. The zero-order valence-electron chi connectivity index (χ0n) is 12.0. The lowest BCUT2D eigenvalue weighted by Crippen LogP contribution is -2.28. The first-order valence-electron chi connectivity index (χ1n) is 6.74. The normalized spacial score (nSPS) is 12.5. The molecule has 0 aromatic heterocycles. The van der Waals surface area contributed by atoms with E-state index in [1.54, 1.807) is 0 Å². The van der Waals surface area contributed by atoms with Crippen molar-refractivity contribution in [3.63, 3.8) is 0 Å². The Morgan fingerprint density at radius 1 is 1.39 bits per heavy atom. The van der Waals surface area contributed by atoms with Gasteiger partial charge in [-0.15, -0.1) is 0 Å². The van der Waals surface area contributed by atoms with E-state index in [-0.39, 0.29) is 6.10 Å². The smallest absolute Gasteiger partial charge is 0.0686 e. The summed E-state index contributed by atoms with van der Waals surface area (Å²) < 4.78 is 0. The summed E-state index contributed by atoms with van der Waals surface area (Å²) in [6.07, 6.45) is 0.831. The van der Waals surface area contributed by atoms with Crippen molar-refractivity contribution in [2.24, 2.45) is 0 Å². The Hall–Kier alpha value is -1.06. The van der Waals surface area contributed by atoms with E-state index in [1.807, 2.05) is 14.0 Å². The quantitative estimate of drug-likeness (QED) is 0.729. The van der Waals surface area contributed by atoms with Crippen LogP contribution in [-0.4, -0.2) is 31.3 Å². The molecule has 3 heteroatoms. The molecule has 1 rings (SSSR count). The molecule has 0 aliphatic carbocycles. The lowest BCUT2D eigenvalue weighted by Gasteiger charge is -2.24. The van der Waals surface area contributed by atoms with Gasteiger partial charge in [0.05, 0.1) is 6.10 Å². The predicted octanol–water partition coefficient (Wildman–Crippen LogP) is 2.31. The highest BCUT2D eigenvalue weighted by Gasteiger charge is 2.09. The van der Waals surface area contributed by atoms with E-state index in [0.29, 0.717) is 6.54 Å². The van der Waals surface area contributed by atoms with Crippen molar-refractivity contribution in [2.75, 3.05) is 25.0 Å². The third-order valence-corrected chi connectivity index (χ3v) is 2.93. The highest BCUT2D eigenvalue weighted by molar-refractivity contribution is 5.54. The molecular weight excluding hydrogens is 224 g/mol. The van der Waals surface area contributed by atoms with Crippen LogP contribution in [-0.2, 0) is 6.54 Å². The number of benzene rings is 1. The molecule has 0 saturated heterocycles. The summed E-state index contributed by atoms with van der Waals surface area (Å²) in [5, 5.41) is 12.9. The van der Waals surface area contributed by atoms with Crippen molar-refractivity contribution in [3.05, 3.63) is 29.3 Å². The number of likely N-dealkylation sites (N-methyl/N-ethyl adjacent to an activating group) is 1. The van der Waals surface area contributed by atoms with Gasteiger partial charge in [-0.05, 0) is 38.4 Å². The molecular formula is C15H26N2O. The Kier molecular flexibility index (Phi) is 6.16. The molecule has 0 spiro atoms. The van der Waals surface area contributed by atoms with Crippen LogP contribution in [0.5, 0.6) is 0 Å². The summed E-state index contributed by atoms with van der Waals surface area (Å²) in [6, 6.07) is 6.48. The van der Waals surface area contributed by atoms with Gasteiger partial charge in [0.1, 0.15) is 0 Å². The van der Waals surface area contributed by atoms with Crippen molar-refractivity contribution >= 4 is 5.69 Å². The number of nitrogens with one attached hydrogen (secondary N) is 1. The summed E-state index contributed by atoms with van der Waals surface area (Å²) in [6.45, 7) is 8.68. The van der Waals surface area contributed by atoms with Crippen LogP contribution in [0.25, 0.3) is 0 Å². The van der Waals surface area contributed by atoms with Crippen LogP contribution in [0.4, 0.5) is 5.69 Å². The highest BCUT2D eigenvalue weighted by atomic mass is 16.3. The summed E-state index contributed by atoms with van der Waals surface area (Å²) in [5.41, 5.74) is 3.77. The molecule has 0 amide bonds. The second-order valence-corrected chi connectivity index (χ2v) is 5.04. The maximum atomic E-state index is 9.49. The Bertz CT molecular complexity index is 364. The average molecular weight is 250 g/mol. The number of nitrogens with zero attached hydrogens (tertiary/aromatic N) is 1. The number of anilines is 1. The van der Waals surface area contributed by atoms with Gasteiger partial charge in [0.15, 0.2) is 0 Å². The molecule has 1 atom stereocenters. The molecule has 0 bridgehead atoms. The third-order valence-electron chi connectivity index (χ3n) is 2.93. The number of hydrogen-bond acceptors (Lipinski definition) is 3. The first-order valence-corrected chi connectivity index (χ1v) is 6.74. The van der Waals surface area contributed by atoms with Gasteiger partial charge in [-0.1, -0.05) is 24.6 Å². The van der Waals surface area contributed by atoms with Gasteiger partial charge in [-0.25, -0.2) is 0 Å². The number of aryl methyl sites for hydroxylation is 1. The van der Waals surface area contributed by atoms with Gasteiger partial charge in [-0.2, -0.15) is 0 Å². The molecule has 1 unspecified atom stereocenters. The van der Waals surface area contributed by atoms with Crippen molar-refractivity contribution in [1.29, 1.82) is 0 Å². The first kappa shape index (κ1) is 15.0. The molecule has 1 aromatic rings. The molecule has 0 aliphatic rings. The fraction of sp³-hybridized carbons (Fsp3) is 0.600. The standard InChI is InChI=1S/C15H26N2O/c1-5-8-16-10-14-9-12(2)6-7-15(14)17(4)11-13(3)18/h6-7,9,13,16,18H,5,8,10-11H2,1-4H3. The fourth-order valence-corrected chi connectivity index (χ4v) is 2.12. The van der Waals surface area contributed by atoms with Crippen LogP contribution in [0, 0.1) is 6.92 Å². The maximum Gasteiger partial charge on any atom is 0.0686 e. The van der Waals surface area contributed by atoms with Gasteiger partial charge < -0.3 is 15.3 Å². The second kappa shape index (κ2) is 7.39. The summed E-state index contributed by atoms with van der Waals surface area (Å²) in [7, 11) is 2.03. The highest BCUT2D eigenvalue weighted by Crippen LogP contribution is 2.21. The molecule has 2 N–H and O–H groups in total. The SMILES string of the molecule is CCCNCc1cc(C)ccc1N(C)CC(C)O. The van der Waals surface area contributed by atoms with Crippen molar-refractivity contribution in [2.45, 2.75) is 39.8 Å². The van der Waals surface area contributed by atoms with Gasteiger partial charge in [0.25, 0.3) is 0 Å². The van der Waals surface area contributed by atoms with Crippen LogP contribution in [0.1, 0.15) is 31.4 Å². The topological polar surface area (TPSA) is 35.5 Å².